The summed E-state index contributed by atoms with van der Waals surface area (Å²) < 4.78 is 11.6. The zero-order valence-electron chi connectivity index (χ0n) is 16.8. The first kappa shape index (κ1) is 20.1. The summed E-state index contributed by atoms with van der Waals surface area (Å²) in [5.74, 6) is 0.685. The summed E-state index contributed by atoms with van der Waals surface area (Å²) in [6.45, 7) is 3.63. The van der Waals surface area contributed by atoms with Gasteiger partial charge in [-0.3, -0.25) is 9.59 Å². The van der Waals surface area contributed by atoms with Gasteiger partial charge in [0.2, 0.25) is 5.91 Å². The molecule has 29 heavy (non-hydrogen) atoms. The average Bonchev–Trinajstić information content (AvgIpc) is 2.74. The first-order valence-corrected chi connectivity index (χ1v) is 9.12. The number of aryl methyl sites for hydroxylation is 1. The third-order valence-corrected chi connectivity index (χ3v) is 4.57. The third-order valence-electron chi connectivity index (χ3n) is 4.57. The van der Waals surface area contributed by atoms with E-state index in [0.29, 0.717) is 22.9 Å². The Labute approximate surface area is 168 Å². The van der Waals surface area contributed by atoms with E-state index in [1.807, 2.05) is 31.2 Å². The van der Waals surface area contributed by atoms with Gasteiger partial charge < -0.3 is 14.8 Å². The molecule has 0 aliphatic carbocycles. The number of methoxy groups -OCH3 is 2. The van der Waals surface area contributed by atoms with Gasteiger partial charge in [0, 0.05) is 23.4 Å². The molecular formula is C22H23N3O4. The van der Waals surface area contributed by atoms with Crippen molar-refractivity contribution in [2.45, 2.75) is 19.9 Å². The lowest BCUT2D eigenvalue weighted by Crippen LogP contribution is -2.33. The largest absolute Gasteiger partial charge is 0.493 e. The normalized spacial score (nSPS) is 11.6. The Morgan fingerprint density at radius 3 is 2.34 bits per heavy atom. The van der Waals surface area contributed by atoms with E-state index in [0.717, 1.165) is 11.1 Å². The van der Waals surface area contributed by atoms with Gasteiger partial charge in [0.25, 0.3) is 5.56 Å². The van der Waals surface area contributed by atoms with Crippen molar-refractivity contribution >= 4 is 11.6 Å². The Bertz CT molecular complexity index is 1070. The minimum absolute atomic E-state index is 0.351. The van der Waals surface area contributed by atoms with Crippen LogP contribution < -0.4 is 20.3 Å². The molecule has 7 nitrogen and oxygen atoms in total. The predicted molar refractivity (Wildman–Crippen MR) is 112 cm³/mol. The van der Waals surface area contributed by atoms with Crippen LogP contribution in [0.1, 0.15) is 18.5 Å². The second-order valence-corrected chi connectivity index (χ2v) is 6.60. The molecule has 7 heteroatoms. The third kappa shape index (κ3) is 4.45. The van der Waals surface area contributed by atoms with Gasteiger partial charge in [-0.05, 0) is 32.0 Å². The van der Waals surface area contributed by atoms with Crippen LogP contribution in [0.15, 0.2) is 59.4 Å². The molecule has 0 bridgehead atoms. The van der Waals surface area contributed by atoms with E-state index in [1.165, 1.54) is 25.0 Å². The Balaban J connectivity index is 1.85. The lowest BCUT2D eigenvalue weighted by molar-refractivity contribution is -0.119. The van der Waals surface area contributed by atoms with Crippen molar-refractivity contribution < 1.29 is 14.3 Å². The minimum Gasteiger partial charge on any atom is -0.493 e. The van der Waals surface area contributed by atoms with E-state index in [4.69, 9.17) is 9.47 Å². The van der Waals surface area contributed by atoms with Gasteiger partial charge in [0.15, 0.2) is 11.5 Å². The summed E-state index contributed by atoms with van der Waals surface area (Å²) in [5.41, 5.74) is 2.80. The molecular weight excluding hydrogens is 370 g/mol. The van der Waals surface area contributed by atoms with Crippen LogP contribution in [-0.4, -0.2) is 29.9 Å². The fourth-order valence-corrected chi connectivity index (χ4v) is 2.85. The molecule has 0 unspecified atom stereocenters. The van der Waals surface area contributed by atoms with Crippen LogP contribution in [0.3, 0.4) is 0 Å². The second-order valence-electron chi connectivity index (χ2n) is 6.60. The highest BCUT2D eigenvalue weighted by Crippen LogP contribution is 2.30. The SMILES string of the molecule is COc1ccc(NC(=O)[C@@H](C)n2nc(-c3ccc(C)cc3)ccc2=O)cc1OC. The lowest BCUT2D eigenvalue weighted by atomic mass is 10.1. The van der Waals surface area contributed by atoms with Crippen LogP contribution in [0.2, 0.25) is 0 Å². The van der Waals surface area contributed by atoms with Crippen LogP contribution in [0.25, 0.3) is 11.3 Å². The maximum atomic E-state index is 12.7. The monoisotopic (exact) mass is 393 g/mol. The fraction of sp³-hybridized carbons (Fsp3) is 0.227. The summed E-state index contributed by atoms with van der Waals surface area (Å²) in [6.07, 6.45) is 0. The number of anilines is 1. The number of aromatic nitrogens is 2. The standard InChI is InChI=1S/C22H23N3O4/c1-14-5-7-16(8-6-14)18-10-12-21(26)25(24-18)15(2)22(27)23-17-9-11-19(28-3)20(13-17)29-4/h5-13,15H,1-4H3,(H,23,27)/t15-/m1/s1. The van der Waals surface area contributed by atoms with Crippen LogP contribution in [0.5, 0.6) is 11.5 Å². The molecule has 1 amide bonds. The van der Waals surface area contributed by atoms with Crippen molar-refractivity contribution in [1.29, 1.82) is 0 Å². The molecule has 0 fully saturated rings. The highest BCUT2D eigenvalue weighted by molar-refractivity contribution is 5.93. The molecule has 1 heterocycles. The van der Waals surface area contributed by atoms with Crippen molar-refractivity contribution in [2.24, 2.45) is 0 Å². The topological polar surface area (TPSA) is 82.5 Å². The molecule has 0 aliphatic rings. The van der Waals surface area contributed by atoms with Crippen LogP contribution in [0.4, 0.5) is 5.69 Å². The van der Waals surface area contributed by atoms with Gasteiger partial charge in [-0.15, -0.1) is 0 Å². The van der Waals surface area contributed by atoms with E-state index in [9.17, 15) is 9.59 Å². The molecule has 3 rings (SSSR count). The Hall–Kier alpha value is -3.61. The summed E-state index contributed by atoms with van der Waals surface area (Å²) >= 11 is 0. The van der Waals surface area contributed by atoms with Gasteiger partial charge in [-0.2, -0.15) is 5.10 Å². The maximum Gasteiger partial charge on any atom is 0.267 e. The first-order chi connectivity index (χ1) is 13.9. The molecule has 2 aromatic carbocycles. The van der Waals surface area contributed by atoms with Crippen LogP contribution >= 0.6 is 0 Å². The quantitative estimate of drug-likeness (QED) is 0.694. The summed E-state index contributed by atoms with van der Waals surface area (Å²) in [6, 6.07) is 15.1. The van der Waals surface area contributed by atoms with Crippen LogP contribution in [0, 0.1) is 6.92 Å². The van der Waals surface area contributed by atoms with Gasteiger partial charge in [-0.1, -0.05) is 29.8 Å². The van der Waals surface area contributed by atoms with E-state index < -0.39 is 6.04 Å². The molecule has 0 aliphatic heterocycles. The molecule has 3 aromatic rings. The molecule has 0 saturated heterocycles. The zero-order chi connectivity index (χ0) is 21.0. The summed E-state index contributed by atoms with van der Waals surface area (Å²) in [4.78, 5) is 25.1. The number of hydrogen-bond acceptors (Lipinski definition) is 5. The van der Waals surface area contributed by atoms with Crippen molar-refractivity contribution in [1.82, 2.24) is 9.78 Å². The molecule has 0 radical (unpaired) electrons. The summed E-state index contributed by atoms with van der Waals surface area (Å²) in [5, 5.41) is 7.18. The van der Waals surface area contributed by atoms with Gasteiger partial charge in [0.1, 0.15) is 6.04 Å². The lowest BCUT2D eigenvalue weighted by Gasteiger charge is -2.16. The van der Waals surface area contributed by atoms with Crippen molar-refractivity contribution in [3.8, 4) is 22.8 Å². The smallest absolute Gasteiger partial charge is 0.267 e. The van der Waals surface area contributed by atoms with E-state index in [-0.39, 0.29) is 11.5 Å². The zero-order valence-corrected chi connectivity index (χ0v) is 16.8. The molecule has 1 N–H and O–H groups in total. The van der Waals surface area contributed by atoms with Crippen molar-refractivity contribution in [2.75, 3.05) is 19.5 Å². The van der Waals surface area contributed by atoms with Crippen molar-refractivity contribution in [3.05, 3.63) is 70.5 Å². The molecule has 1 aromatic heterocycles. The highest BCUT2D eigenvalue weighted by Gasteiger charge is 2.19. The number of carbonyl (C=O) groups is 1. The summed E-state index contributed by atoms with van der Waals surface area (Å²) in [7, 11) is 3.06. The second kappa shape index (κ2) is 8.60. The highest BCUT2D eigenvalue weighted by atomic mass is 16.5. The van der Waals surface area contributed by atoms with E-state index >= 15 is 0 Å². The number of hydrogen-bond donors (Lipinski definition) is 1. The fourth-order valence-electron chi connectivity index (χ4n) is 2.85. The predicted octanol–water partition coefficient (Wildman–Crippen LogP) is 3.44. The number of benzene rings is 2. The molecule has 1 atom stereocenters. The number of ether oxygens (including phenoxy) is 2. The molecule has 150 valence electrons. The van der Waals surface area contributed by atoms with E-state index in [1.54, 1.807) is 31.2 Å². The van der Waals surface area contributed by atoms with Crippen molar-refractivity contribution in [3.63, 3.8) is 0 Å². The Morgan fingerprint density at radius 2 is 1.69 bits per heavy atom. The van der Waals surface area contributed by atoms with E-state index in [2.05, 4.69) is 10.4 Å². The number of amides is 1. The number of nitrogens with one attached hydrogen (secondary N) is 1. The van der Waals surface area contributed by atoms with Gasteiger partial charge >= 0.3 is 0 Å². The Morgan fingerprint density at radius 1 is 1.00 bits per heavy atom. The molecule has 0 spiro atoms. The van der Waals surface area contributed by atoms with Gasteiger partial charge in [-0.25, -0.2) is 4.68 Å². The number of rotatable bonds is 6. The molecule has 0 saturated carbocycles. The minimum atomic E-state index is -0.805. The Kier molecular flexibility index (Phi) is 5.97. The first-order valence-electron chi connectivity index (χ1n) is 9.12. The van der Waals surface area contributed by atoms with Gasteiger partial charge in [0.05, 0.1) is 19.9 Å². The number of carbonyl (C=O) groups excluding carboxylic acids is 1. The van der Waals surface area contributed by atoms with Crippen LogP contribution in [-0.2, 0) is 4.79 Å². The number of nitrogens with zero attached hydrogens (tertiary/aromatic N) is 2. The maximum absolute atomic E-state index is 12.7. The average molecular weight is 393 g/mol.